The molecule has 34 heavy (non-hydrogen) atoms. The molecule has 1 atom stereocenters. The SMILES string of the molecule is COc1ccc(/C(O)=C2\C(=O)C(=O)N(c3nc4ccc(C)cc4s3)[C@@H]2c2ccc(C)o2)cc1C. The Morgan fingerprint density at radius 2 is 1.88 bits per heavy atom. The molecule has 0 saturated carbocycles. The fraction of sp³-hybridized carbons (Fsp3) is 0.192. The summed E-state index contributed by atoms with van der Waals surface area (Å²) in [6.45, 7) is 5.60. The molecule has 1 aliphatic heterocycles. The van der Waals surface area contributed by atoms with Gasteiger partial charge in [-0.25, -0.2) is 4.98 Å². The maximum absolute atomic E-state index is 13.3. The van der Waals surface area contributed by atoms with E-state index in [1.165, 1.54) is 16.2 Å². The van der Waals surface area contributed by atoms with E-state index in [0.29, 0.717) is 28.0 Å². The highest BCUT2D eigenvalue weighted by Crippen LogP contribution is 2.45. The van der Waals surface area contributed by atoms with E-state index in [9.17, 15) is 14.7 Å². The number of carbonyl (C=O) groups is 2. The summed E-state index contributed by atoms with van der Waals surface area (Å²) in [4.78, 5) is 32.5. The van der Waals surface area contributed by atoms with Crippen molar-refractivity contribution in [3.8, 4) is 5.75 Å². The zero-order valence-electron chi connectivity index (χ0n) is 19.1. The summed E-state index contributed by atoms with van der Waals surface area (Å²) in [6.07, 6.45) is 0. The maximum Gasteiger partial charge on any atom is 0.302 e. The molecule has 1 N–H and O–H groups in total. The molecule has 8 heteroatoms. The second kappa shape index (κ2) is 8.14. The summed E-state index contributed by atoms with van der Waals surface area (Å²) in [5.74, 6) is -0.176. The Morgan fingerprint density at radius 1 is 1.09 bits per heavy atom. The van der Waals surface area contributed by atoms with Crippen molar-refractivity contribution in [3.05, 3.63) is 82.3 Å². The van der Waals surface area contributed by atoms with Gasteiger partial charge in [-0.2, -0.15) is 0 Å². The standard InChI is InChI=1S/C26H22N2O5S/c1-13-5-8-17-20(11-13)34-26(27-17)28-22(19-9-6-15(3)33-19)21(24(30)25(28)31)23(29)16-7-10-18(32-4)14(2)12-16/h5-12,22,29H,1-4H3/b23-21+/t22-/m1/s1. The number of Topliss-reactive ketones (excluding diaryl/α,β-unsaturated/α-hetero) is 1. The number of benzene rings is 2. The van der Waals surface area contributed by atoms with Crippen LogP contribution in [0, 0.1) is 20.8 Å². The predicted molar refractivity (Wildman–Crippen MR) is 130 cm³/mol. The number of aryl methyl sites for hydroxylation is 3. The van der Waals surface area contributed by atoms with Gasteiger partial charge in [0, 0.05) is 5.56 Å². The first-order valence-electron chi connectivity index (χ1n) is 10.7. The van der Waals surface area contributed by atoms with Crippen LogP contribution in [-0.2, 0) is 9.59 Å². The largest absolute Gasteiger partial charge is 0.507 e. The van der Waals surface area contributed by atoms with Crippen molar-refractivity contribution in [2.75, 3.05) is 12.0 Å². The molecule has 0 spiro atoms. The Kier molecular flexibility index (Phi) is 5.25. The second-order valence-electron chi connectivity index (χ2n) is 8.27. The molecule has 172 valence electrons. The van der Waals surface area contributed by atoms with Gasteiger partial charge < -0.3 is 14.3 Å². The molecule has 0 aliphatic carbocycles. The van der Waals surface area contributed by atoms with Crippen LogP contribution >= 0.6 is 11.3 Å². The van der Waals surface area contributed by atoms with E-state index in [1.807, 2.05) is 32.0 Å². The van der Waals surface area contributed by atoms with E-state index in [0.717, 1.165) is 21.3 Å². The van der Waals surface area contributed by atoms with Crippen LogP contribution in [0.5, 0.6) is 5.75 Å². The number of aromatic nitrogens is 1. The van der Waals surface area contributed by atoms with Gasteiger partial charge in [0.25, 0.3) is 5.78 Å². The minimum absolute atomic E-state index is 0.0423. The maximum atomic E-state index is 13.3. The molecule has 1 aliphatic rings. The highest BCUT2D eigenvalue weighted by molar-refractivity contribution is 7.22. The molecule has 0 unspecified atom stereocenters. The fourth-order valence-corrected chi connectivity index (χ4v) is 5.29. The van der Waals surface area contributed by atoms with E-state index >= 15 is 0 Å². The van der Waals surface area contributed by atoms with Crippen molar-refractivity contribution in [3.63, 3.8) is 0 Å². The highest BCUT2D eigenvalue weighted by Gasteiger charge is 2.49. The number of aliphatic hydroxyl groups is 1. The van der Waals surface area contributed by atoms with Crippen LogP contribution in [0.2, 0.25) is 0 Å². The Hall–Kier alpha value is -3.91. The first-order valence-corrected chi connectivity index (χ1v) is 11.5. The average molecular weight is 475 g/mol. The number of hydrogen-bond acceptors (Lipinski definition) is 7. The lowest BCUT2D eigenvalue weighted by atomic mass is 9.98. The molecule has 5 rings (SSSR count). The summed E-state index contributed by atoms with van der Waals surface area (Å²) in [7, 11) is 1.56. The number of nitrogens with zero attached hydrogens (tertiary/aromatic N) is 2. The normalized spacial score (nSPS) is 17.6. The van der Waals surface area contributed by atoms with Gasteiger partial charge in [-0.05, 0) is 74.4 Å². The van der Waals surface area contributed by atoms with Gasteiger partial charge in [-0.1, -0.05) is 17.4 Å². The van der Waals surface area contributed by atoms with Crippen molar-refractivity contribution < 1.29 is 23.8 Å². The first-order chi connectivity index (χ1) is 16.3. The smallest absolute Gasteiger partial charge is 0.302 e. The summed E-state index contributed by atoms with van der Waals surface area (Å²) in [5.41, 5.74) is 2.95. The molecule has 2 aromatic carbocycles. The van der Waals surface area contributed by atoms with Gasteiger partial charge >= 0.3 is 5.91 Å². The van der Waals surface area contributed by atoms with Crippen LogP contribution in [0.4, 0.5) is 5.13 Å². The molecule has 1 amide bonds. The Morgan fingerprint density at radius 3 is 2.56 bits per heavy atom. The number of furan rings is 1. The van der Waals surface area contributed by atoms with Gasteiger partial charge in [0.2, 0.25) is 0 Å². The summed E-state index contributed by atoms with van der Waals surface area (Å²) in [6, 6.07) is 13.4. The number of thiazole rings is 1. The minimum atomic E-state index is -0.947. The van der Waals surface area contributed by atoms with E-state index in [4.69, 9.17) is 9.15 Å². The number of aliphatic hydroxyl groups excluding tert-OH is 1. The Bertz CT molecular complexity index is 1500. The van der Waals surface area contributed by atoms with Crippen molar-refractivity contribution in [1.82, 2.24) is 4.98 Å². The topological polar surface area (TPSA) is 92.9 Å². The van der Waals surface area contributed by atoms with Crippen molar-refractivity contribution in [2.24, 2.45) is 0 Å². The van der Waals surface area contributed by atoms with E-state index in [-0.39, 0.29) is 11.3 Å². The number of ketones is 1. The number of methoxy groups -OCH3 is 1. The molecular weight excluding hydrogens is 452 g/mol. The minimum Gasteiger partial charge on any atom is -0.507 e. The molecule has 1 saturated heterocycles. The van der Waals surface area contributed by atoms with Gasteiger partial charge in [0.1, 0.15) is 29.1 Å². The molecule has 2 aromatic heterocycles. The number of anilines is 1. The van der Waals surface area contributed by atoms with Crippen LogP contribution in [0.1, 0.15) is 34.3 Å². The van der Waals surface area contributed by atoms with E-state index in [1.54, 1.807) is 44.4 Å². The van der Waals surface area contributed by atoms with Gasteiger partial charge in [0.05, 0.1) is 22.9 Å². The molecule has 3 heterocycles. The van der Waals surface area contributed by atoms with Gasteiger partial charge in [0.15, 0.2) is 5.13 Å². The average Bonchev–Trinajstić information content (AvgIpc) is 3.49. The third-order valence-corrected chi connectivity index (χ3v) is 6.90. The van der Waals surface area contributed by atoms with Crippen LogP contribution in [0.25, 0.3) is 16.0 Å². The lowest BCUT2D eigenvalue weighted by Crippen LogP contribution is -2.29. The Balaban J connectivity index is 1.71. The third kappa shape index (κ3) is 3.47. The highest BCUT2D eigenvalue weighted by atomic mass is 32.1. The monoisotopic (exact) mass is 474 g/mol. The zero-order chi connectivity index (χ0) is 24.1. The molecule has 7 nitrogen and oxygen atoms in total. The molecule has 4 aromatic rings. The number of amides is 1. The predicted octanol–water partition coefficient (Wildman–Crippen LogP) is 5.45. The summed E-state index contributed by atoms with van der Waals surface area (Å²) < 4.78 is 12.1. The van der Waals surface area contributed by atoms with Crippen LogP contribution < -0.4 is 9.64 Å². The number of ether oxygens (including phenoxy) is 1. The second-order valence-corrected chi connectivity index (χ2v) is 9.28. The van der Waals surface area contributed by atoms with Crippen LogP contribution in [0.15, 0.2) is 58.5 Å². The van der Waals surface area contributed by atoms with Crippen molar-refractivity contribution >= 4 is 44.1 Å². The zero-order valence-corrected chi connectivity index (χ0v) is 19.9. The number of rotatable bonds is 4. The van der Waals surface area contributed by atoms with Crippen molar-refractivity contribution in [1.29, 1.82) is 0 Å². The number of carbonyl (C=O) groups excluding carboxylic acids is 2. The lowest BCUT2D eigenvalue weighted by Gasteiger charge is -2.20. The molecule has 1 fully saturated rings. The number of hydrogen-bond donors (Lipinski definition) is 1. The summed E-state index contributed by atoms with van der Waals surface area (Å²) in [5, 5.41) is 11.6. The van der Waals surface area contributed by atoms with Gasteiger partial charge in [-0.15, -0.1) is 0 Å². The quantitative estimate of drug-likeness (QED) is 0.240. The lowest BCUT2D eigenvalue weighted by molar-refractivity contribution is -0.132. The van der Waals surface area contributed by atoms with Gasteiger partial charge in [-0.3, -0.25) is 14.5 Å². The molecule has 0 bridgehead atoms. The number of fused-ring (bicyclic) bond motifs is 1. The first kappa shape index (κ1) is 21.9. The third-order valence-electron chi connectivity index (χ3n) is 5.88. The molecular formula is C26H22N2O5S. The van der Waals surface area contributed by atoms with Crippen LogP contribution in [0.3, 0.4) is 0 Å². The van der Waals surface area contributed by atoms with E-state index < -0.39 is 17.7 Å². The molecule has 0 radical (unpaired) electrons. The fourth-order valence-electron chi connectivity index (χ4n) is 4.20. The van der Waals surface area contributed by atoms with Crippen LogP contribution in [-0.4, -0.2) is 28.9 Å². The Labute approximate surface area is 199 Å². The van der Waals surface area contributed by atoms with E-state index in [2.05, 4.69) is 4.98 Å². The summed E-state index contributed by atoms with van der Waals surface area (Å²) >= 11 is 1.32. The van der Waals surface area contributed by atoms with Crippen molar-refractivity contribution in [2.45, 2.75) is 26.8 Å².